The zero-order valence-electron chi connectivity index (χ0n) is 15.1. The molecule has 1 aromatic carbocycles. The van der Waals surface area contributed by atoms with Gasteiger partial charge in [0.25, 0.3) is 0 Å². The van der Waals surface area contributed by atoms with Crippen LogP contribution >= 0.6 is 0 Å². The third-order valence-electron chi connectivity index (χ3n) is 5.89. The van der Waals surface area contributed by atoms with Crippen LogP contribution in [0.25, 0.3) is 16.7 Å². The molecule has 2 saturated heterocycles. The van der Waals surface area contributed by atoms with Crippen LogP contribution in [-0.4, -0.2) is 57.4 Å². The Morgan fingerprint density at radius 1 is 1.04 bits per heavy atom. The van der Waals surface area contributed by atoms with Gasteiger partial charge in [-0.15, -0.1) is 0 Å². The Morgan fingerprint density at radius 3 is 2.81 bits per heavy atom. The summed E-state index contributed by atoms with van der Waals surface area (Å²) in [5.41, 5.74) is 1.92. The van der Waals surface area contributed by atoms with Gasteiger partial charge in [-0.05, 0) is 50.9 Å². The van der Waals surface area contributed by atoms with Crippen LogP contribution < -0.4 is 4.90 Å². The summed E-state index contributed by atoms with van der Waals surface area (Å²) in [6, 6.07) is 10.8. The molecule has 6 heteroatoms. The van der Waals surface area contributed by atoms with E-state index in [1.165, 1.54) is 25.8 Å². The van der Waals surface area contributed by atoms with Crippen molar-refractivity contribution in [2.45, 2.75) is 25.3 Å². The first-order valence-corrected chi connectivity index (χ1v) is 9.50. The van der Waals surface area contributed by atoms with Gasteiger partial charge in [0.1, 0.15) is 12.1 Å². The number of fused-ring (bicyclic) bond motifs is 2. The zero-order valence-corrected chi connectivity index (χ0v) is 15.1. The molecule has 0 radical (unpaired) electrons. The third kappa shape index (κ3) is 2.56. The van der Waals surface area contributed by atoms with Crippen LogP contribution in [0.1, 0.15) is 19.3 Å². The lowest BCUT2D eigenvalue weighted by atomic mass is 9.84. The van der Waals surface area contributed by atoms with Gasteiger partial charge in [-0.25, -0.2) is 14.6 Å². The van der Waals surface area contributed by atoms with Gasteiger partial charge in [-0.3, -0.25) is 0 Å². The Balaban J connectivity index is 1.56. The molecule has 0 amide bonds. The van der Waals surface area contributed by atoms with Crippen molar-refractivity contribution >= 4 is 16.9 Å². The summed E-state index contributed by atoms with van der Waals surface area (Å²) in [6.07, 6.45) is 7.38. The van der Waals surface area contributed by atoms with Crippen molar-refractivity contribution in [3.05, 3.63) is 42.9 Å². The van der Waals surface area contributed by atoms with Crippen LogP contribution in [0.5, 0.6) is 0 Å². The number of rotatable bonds is 2. The standard InChI is InChI=1S/C20H24N6/c1-24-11-9-18-15(13-24)6-5-10-25(18)19-17-12-23-26(20(17)22-14-21-19)16-7-3-2-4-8-16/h2-4,7-8,12,14-15,18H,5-6,9-11,13H2,1H3. The second-order valence-electron chi connectivity index (χ2n) is 7.54. The van der Waals surface area contributed by atoms with E-state index < -0.39 is 0 Å². The fourth-order valence-electron chi connectivity index (χ4n) is 4.67. The van der Waals surface area contributed by atoms with Gasteiger partial charge >= 0.3 is 0 Å². The molecule has 3 aromatic rings. The lowest BCUT2D eigenvalue weighted by Gasteiger charge is -2.47. The number of hydrogen-bond acceptors (Lipinski definition) is 5. The molecule has 2 aliphatic rings. The number of nitrogens with zero attached hydrogens (tertiary/aromatic N) is 6. The summed E-state index contributed by atoms with van der Waals surface area (Å²) in [7, 11) is 2.24. The minimum absolute atomic E-state index is 0.582. The number of anilines is 1. The largest absolute Gasteiger partial charge is 0.353 e. The van der Waals surface area contributed by atoms with Crippen molar-refractivity contribution in [3.8, 4) is 5.69 Å². The molecule has 0 saturated carbocycles. The molecule has 0 aliphatic carbocycles. The fourth-order valence-corrected chi connectivity index (χ4v) is 4.67. The smallest absolute Gasteiger partial charge is 0.168 e. The van der Waals surface area contributed by atoms with Crippen LogP contribution in [0.2, 0.25) is 0 Å². The number of benzene rings is 1. The minimum Gasteiger partial charge on any atom is -0.353 e. The van der Waals surface area contributed by atoms with Gasteiger partial charge < -0.3 is 9.80 Å². The maximum Gasteiger partial charge on any atom is 0.168 e. The summed E-state index contributed by atoms with van der Waals surface area (Å²) in [6.45, 7) is 3.43. The van der Waals surface area contributed by atoms with Gasteiger partial charge in [0.05, 0.1) is 17.3 Å². The number of likely N-dealkylation sites (tertiary alicyclic amines) is 1. The quantitative estimate of drug-likeness (QED) is 0.713. The van der Waals surface area contributed by atoms with Crippen molar-refractivity contribution < 1.29 is 0 Å². The van der Waals surface area contributed by atoms with Gasteiger partial charge in [0.2, 0.25) is 0 Å². The number of hydrogen-bond donors (Lipinski definition) is 0. The molecular formula is C20H24N6. The molecule has 2 aliphatic heterocycles. The average molecular weight is 348 g/mol. The Kier molecular flexibility index (Phi) is 3.85. The van der Waals surface area contributed by atoms with Gasteiger partial charge in [-0.2, -0.15) is 5.10 Å². The number of piperidine rings is 2. The Hall–Kier alpha value is -2.47. The SMILES string of the molecule is CN1CCC2C(CCCN2c2ncnc3c2cnn3-c2ccccc2)C1. The van der Waals surface area contributed by atoms with E-state index in [0.717, 1.165) is 41.5 Å². The predicted octanol–water partition coefficient (Wildman–Crippen LogP) is 2.74. The second kappa shape index (κ2) is 6.36. The Bertz CT molecular complexity index is 905. The van der Waals surface area contributed by atoms with Crippen LogP contribution in [0.15, 0.2) is 42.9 Å². The second-order valence-corrected chi connectivity index (χ2v) is 7.54. The summed E-state index contributed by atoms with van der Waals surface area (Å²) in [5.74, 6) is 1.79. The molecule has 4 heterocycles. The van der Waals surface area contributed by atoms with Crippen molar-refractivity contribution in [1.82, 2.24) is 24.6 Å². The molecular weight excluding hydrogens is 324 g/mol. The highest BCUT2D eigenvalue weighted by atomic mass is 15.3. The molecule has 2 fully saturated rings. The summed E-state index contributed by atoms with van der Waals surface area (Å²) in [4.78, 5) is 14.2. The van der Waals surface area contributed by atoms with Crippen molar-refractivity contribution in [3.63, 3.8) is 0 Å². The molecule has 134 valence electrons. The molecule has 0 N–H and O–H groups in total. The maximum atomic E-state index is 4.70. The zero-order chi connectivity index (χ0) is 17.5. The molecule has 6 nitrogen and oxygen atoms in total. The van der Waals surface area contributed by atoms with Crippen LogP contribution in [0.4, 0.5) is 5.82 Å². The minimum atomic E-state index is 0.582. The van der Waals surface area contributed by atoms with E-state index in [1.54, 1.807) is 6.33 Å². The molecule has 2 atom stereocenters. The maximum absolute atomic E-state index is 4.70. The first-order chi connectivity index (χ1) is 12.8. The third-order valence-corrected chi connectivity index (χ3v) is 5.89. The average Bonchev–Trinajstić information content (AvgIpc) is 3.12. The summed E-state index contributed by atoms with van der Waals surface area (Å²) < 4.78 is 1.91. The molecule has 5 rings (SSSR count). The first kappa shape index (κ1) is 15.8. The predicted molar refractivity (Wildman–Crippen MR) is 103 cm³/mol. The van der Waals surface area contributed by atoms with E-state index in [4.69, 9.17) is 4.98 Å². The molecule has 0 spiro atoms. The number of para-hydroxylation sites is 1. The van der Waals surface area contributed by atoms with E-state index in [9.17, 15) is 0 Å². The van der Waals surface area contributed by atoms with E-state index in [1.807, 2.05) is 29.1 Å². The monoisotopic (exact) mass is 348 g/mol. The highest BCUT2D eigenvalue weighted by Crippen LogP contribution is 2.35. The first-order valence-electron chi connectivity index (χ1n) is 9.50. The van der Waals surface area contributed by atoms with Crippen molar-refractivity contribution in [1.29, 1.82) is 0 Å². The highest BCUT2D eigenvalue weighted by molar-refractivity contribution is 5.87. The van der Waals surface area contributed by atoms with Gasteiger partial charge in [-0.1, -0.05) is 18.2 Å². The van der Waals surface area contributed by atoms with E-state index in [0.29, 0.717) is 6.04 Å². The Labute approximate surface area is 153 Å². The van der Waals surface area contributed by atoms with E-state index >= 15 is 0 Å². The van der Waals surface area contributed by atoms with Crippen molar-refractivity contribution in [2.24, 2.45) is 5.92 Å². The van der Waals surface area contributed by atoms with E-state index in [-0.39, 0.29) is 0 Å². The van der Waals surface area contributed by atoms with Crippen LogP contribution in [0.3, 0.4) is 0 Å². The van der Waals surface area contributed by atoms with Crippen molar-refractivity contribution in [2.75, 3.05) is 31.6 Å². The molecule has 0 bridgehead atoms. The summed E-state index contributed by atoms with van der Waals surface area (Å²) in [5, 5.41) is 5.67. The highest BCUT2D eigenvalue weighted by Gasteiger charge is 2.36. The topological polar surface area (TPSA) is 50.1 Å². The summed E-state index contributed by atoms with van der Waals surface area (Å²) >= 11 is 0. The fraction of sp³-hybridized carbons (Fsp3) is 0.450. The molecule has 2 aromatic heterocycles. The van der Waals surface area contributed by atoms with Gasteiger partial charge in [0, 0.05) is 19.1 Å². The van der Waals surface area contributed by atoms with Crippen LogP contribution in [-0.2, 0) is 0 Å². The van der Waals surface area contributed by atoms with Crippen LogP contribution in [0, 0.1) is 5.92 Å². The number of aromatic nitrogens is 4. The lowest BCUT2D eigenvalue weighted by molar-refractivity contribution is 0.154. The van der Waals surface area contributed by atoms with Gasteiger partial charge in [0.15, 0.2) is 5.65 Å². The normalized spacial score (nSPS) is 24.0. The molecule has 26 heavy (non-hydrogen) atoms. The lowest BCUT2D eigenvalue weighted by Crippen LogP contribution is -2.53. The van der Waals surface area contributed by atoms with E-state index in [2.05, 4.69) is 39.1 Å². The Morgan fingerprint density at radius 2 is 1.92 bits per heavy atom. The molecule has 2 unspecified atom stereocenters.